The van der Waals surface area contributed by atoms with Crippen molar-refractivity contribution in [3.8, 4) is 12.3 Å². The van der Waals surface area contributed by atoms with Gasteiger partial charge >= 0.3 is 0 Å². The highest BCUT2D eigenvalue weighted by Crippen LogP contribution is 2.16. The molecule has 0 bridgehead atoms. The van der Waals surface area contributed by atoms with Crippen molar-refractivity contribution in [3.05, 3.63) is 17.8 Å². The lowest BCUT2D eigenvalue weighted by Crippen LogP contribution is -2.24. The predicted octanol–water partition coefficient (Wildman–Crippen LogP) is 1.23. The predicted molar refractivity (Wildman–Crippen MR) is 64.1 cm³/mol. The SMILES string of the molecule is C#CCNC(=O)c1coc(C(N)CCCC)n1. The van der Waals surface area contributed by atoms with Crippen LogP contribution in [0.2, 0.25) is 0 Å². The standard InChI is InChI=1S/C12H17N3O2/c1-3-5-6-9(13)12-15-10(8-17-12)11(16)14-7-4-2/h2,8-9H,3,5-7,13H2,1H3,(H,14,16). The highest BCUT2D eigenvalue weighted by atomic mass is 16.3. The molecule has 5 nitrogen and oxygen atoms in total. The molecule has 92 valence electrons. The molecule has 0 aliphatic rings. The third kappa shape index (κ3) is 3.93. The summed E-state index contributed by atoms with van der Waals surface area (Å²) in [5, 5.41) is 2.51. The lowest BCUT2D eigenvalue weighted by atomic mass is 10.1. The molecule has 1 aromatic rings. The first-order valence-corrected chi connectivity index (χ1v) is 5.61. The van der Waals surface area contributed by atoms with Crippen molar-refractivity contribution in [1.29, 1.82) is 0 Å². The molecule has 3 N–H and O–H groups in total. The van der Waals surface area contributed by atoms with Gasteiger partial charge in [0, 0.05) is 0 Å². The van der Waals surface area contributed by atoms with Gasteiger partial charge in [0.05, 0.1) is 12.6 Å². The van der Waals surface area contributed by atoms with Crippen LogP contribution in [0.3, 0.4) is 0 Å². The van der Waals surface area contributed by atoms with E-state index in [1.165, 1.54) is 6.26 Å². The number of oxazole rings is 1. The van der Waals surface area contributed by atoms with Crippen molar-refractivity contribution in [2.75, 3.05) is 6.54 Å². The van der Waals surface area contributed by atoms with Crippen molar-refractivity contribution in [1.82, 2.24) is 10.3 Å². The molecule has 17 heavy (non-hydrogen) atoms. The number of carbonyl (C=O) groups is 1. The topological polar surface area (TPSA) is 81.2 Å². The van der Waals surface area contributed by atoms with Crippen LogP contribution in [0, 0.1) is 12.3 Å². The fourth-order valence-electron chi connectivity index (χ4n) is 1.33. The summed E-state index contributed by atoms with van der Waals surface area (Å²) in [4.78, 5) is 15.5. The molecule has 0 aromatic carbocycles. The highest BCUT2D eigenvalue weighted by Gasteiger charge is 2.16. The van der Waals surface area contributed by atoms with Gasteiger partial charge in [0.25, 0.3) is 5.91 Å². The lowest BCUT2D eigenvalue weighted by molar-refractivity contribution is 0.0953. The van der Waals surface area contributed by atoms with E-state index in [0.29, 0.717) is 5.89 Å². The van der Waals surface area contributed by atoms with Crippen LogP contribution in [0.4, 0.5) is 0 Å². The van der Waals surface area contributed by atoms with E-state index < -0.39 is 0 Å². The Morgan fingerprint density at radius 2 is 2.53 bits per heavy atom. The Morgan fingerprint density at radius 1 is 1.76 bits per heavy atom. The van der Waals surface area contributed by atoms with E-state index in [4.69, 9.17) is 16.6 Å². The fourth-order valence-corrected chi connectivity index (χ4v) is 1.33. The molecular weight excluding hydrogens is 218 g/mol. The smallest absolute Gasteiger partial charge is 0.273 e. The zero-order valence-corrected chi connectivity index (χ0v) is 9.90. The molecule has 0 saturated carbocycles. The molecule has 0 spiro atoms. The Kier molecular flexibility index (Phi) is 5.24. The number of nitrogens with zero attached hydrogens (tertiary/aromatic N) is 1. The maximum atomic E-state index is 11.5. The van der Waals surface area contributed by atoms with E-state index in [9.17, 15) is 4.79 Å². The van der Waals surface area contributed by atoms with Crippen LogP contribution in [0.5, 0.6) is 0 Å². The van der Waals surface area contributed by atoms with E-state index >= 15 is 0 Å². The number of unbranched alkanes of at least 4 members (excludes halogenated alkanes) is 1. The first-order valence-electron chi connectivity index (χ1n) is 5.61. The van der Waals surface area contributed by atoms with Gasteiger partial charge in [-0.15, -0.1) is 6.42 Å². The molecule has 0 saturated heterocycles. The Bertz CT molecular complexity index is 406. The molecule has 0 radical (unpaired) electrons. The minimum Gasteiger partial charge on any atom is -0.446 e. The Hall–Kier alpha value is -1.80. The van der Waals surface area contributed by atoms with Crippen LogP contribution < -0.4 is 11.1 Å². The number of hydrogen-bond acceptors (Lipinski definition) is 4. The van der Waals surface area contributed by atoms with Crippen molar-refractivity contribution in [3.63, 3.8) is 0 Å². The van der Waals surface area contributed by atoms with Crippen LogP contribution in [0.15, 0.2) is 10.7 Å². The molecule has 1 heterocycles. The molecule has 0 fully saturated rings. The van der Waals surface area contributed by atoms with Gasteiger partial charge in [0.1, 0.15) is 6.26 Å². The van der Waals surface area contributed by atoms with Crippen LogP contribution in [-0.4, -0.2) is 17.4 Å². The summed E-state index contributed by atoms with van der Waals surface area (Å²) in [5.41, 5.74) is 6.08. The van der Waals surface area contributed by atoms with Crippen LogP contribution in [0.1, 0.15) is 48.6 Å². The number of aromatic nitrogens is 1. The molecule has 1 atom stereocenters. The second-order valence-electron chi connectivity index (χ2n) is 3.71. The monoisotopic (exact) mass is 235 g/mol. The summed E-state index contributed by atoms with van der Waals surface area (Å²) in [5.74, 6) is 2.36. The van der Waals surface area contributed by atoms with E-state index in [1.54, 1.807) is 0 Å². The van der Waals surface area contributed by atoms with Crippen molar-refractivity contribution >= 4 is 5.91 Å². The summed E-state index contributed by atoms with van der Waals surface area (Å²) in [6, 6.07) is -0.260. The van der Waals surface area contributed by atoms with Crippen LogP contribution >= 0.6 is 0 Å². The summed E-state index contributed by atoms with van der Waals surface area (Å²) >= 11 is 0. The molecular formula is C12H17N3O2. The van der Waals surface area contributed by atoms with Gasteiger partial charge in [-0.3, -0.25) is 4.79 Å². The number of rotatable bonds is 6. The zero-order chi connectivity index (χ0) is 12.7. The van der Waals surface area contributed by atoms with Gasteiger partial charge in [-0.1, -0.05) is 25.7 Å². The number of hydrogen-bond donors (Lipinski definition) is 2. The van der Waals surface area contributed by atoms with Crippen molar-refractivity contribution < 1.29 is 9.21 Å². The zero-order valence-electron chi connectivity index (χ0n) is 9.90. The Labute approximate surface area is 101 Å². The van der Waals surface area contributed by atoms with E-state index in [-0.39, 0.29) is 24.2 Å². The summed E-state index contributed by atoms with van der Waals surface area (Å²) < 4.78 is 5.18. The van der Waals surface area contributed by atoms with Gasteiger partial charge in [-0.05, 0) is 6.42 Å². The highest BCUT2D eigenvalue weighted by molar-refractivity contribution is 5.92. The first-order chi connectivity index (χ1) is 8.19. The normalized spacial score (nSPS) is 11.8. The molecule has 5 heteroatoms. The summed E-state index contributed by atoms with van der Waals surface area (Å²) in [7, 11) is 0. The average Bonchev–Trinajstić information content (AvgIpc) is 2.82. The van der Waals surface area contributed by atoms with Gasteiger partial charge in [0.15, 0.2) is 5.69 Å². The molecule has 1 aromatic heterocycles. The number of carbonyl (C=O) groups excluding carboxylic acids is 1. The maximum Gasteiger partial charge on any atom is 0.273 e. The van der Waals surface area contributed by atoms with E-state index in [0.717, 1.165) is 19.3 Å². The average molecular weight is 235 g/mol. The largest absolute Gasteiger partial charge is 0.446 e. The third-order valence-electron chi connectivity index (χ3n) is 2.29. The fraction of sp³-hybridized carbons (Fsp3) is 0.500. The Morgan fingerprint density at radius 3 is 3.18 bits per heavy atom. The lowest BCUT2D eigenvalue weighted by Gasteiger charge is -2.04. The first kappa shape index (κ1) is 13.3. The number of nitrogens with one attached hydrogen (secondary N) is 1. The second-order valence-corrected chi connectivity index (χ2v) is 3.71. The minimum atomic E-state index is -0.347. The summed E-state index contributed by atoms with van der Waals surface area (Å²) in [6.45, 7) is 2.25. The van der Waals surface area contributed by atoms with Crippen molar-refractivity contribution in [2.45, 2.75) is 32.2 Å². The van der Waals surface area contributed by atoms with Gasteiger partial charge in [-0.2, -0.15) is 0 Å². The van der Waals surface area contributed by atoms with E-state index in [1.807, 2.05) is 0 Å². The number of terminal acetylenes is 1. The van der Waals surface area contributed by atoms with Gasteiger partial charge < -0.3 is 15.5 Å². The second kappa shape index (κ2) is 6.71. The summed E-state index contributed by atoms with van der Waals surface area (Å²) in [6.07, 6.45) is 9.19. The number of nitrogens with two attached hydrogens (primary N) is 1. The molecule has 0 aliphatic heterocycles. The third-order valence-corrected chi connectivity index (χ3v) is 2.29. The maximum absolute atomic E-state index is 11.5. The van der Waals surface area contributed by atoms with Crippen LogP contribution in [0.25, 0.3) is 0 Å². The Balaban J connectivity index is 2.58. The van der Waals surface area contributed by atoms with Gasteiger partial charge in [-0.25, -0.2) is 4.98 Å². The molecule has 1 unspecified atom stereocenters. The molecule has 1 amide bonds. The van der Waals surface area contributed by atoms with Gasteiger partial charge in [0.2, 0.25) is 5.89 Å². The quantitative estimate of drug-likeness (QED) is 0.726. The van der Waals surface area contributed by atoms with Crippen molar-refractivity contribution in [2.24, 2.45) is 5.73 Å². The minimum absolute atomic E-state index is 0.170. The number of amides is 1. The van der Waals surface area contributed by atoms with E-state index in [2.05, 4.69) is 23.1 Å². The molecule has 0 aliphatic carbocycles. The van der Waals surface area contributed by atoms with Crippen LogP contribution in [-0.2, 0) is 0 Å². The molecule has 1 rings (SSSR count).